The van der Waals surface area contributed by atoms with E-state index in [1.54, 1.807) is 42.9 Å². The van der Waals surface area contributed by atoms with Crippen LogP contribution < -0.4 is 10.1 Å². The molecule has 4 rings (SSSR count). The normalized spacial score (nSPS) is 10.8. The second kappa shape index (κ2) is 6.48. The van der Waals surface area contributed by atoms with E-state index in [1.807, 2.05) is 0 Å². The van der Waals surface area contributed by atoms with Crippen LogP contribution in [0, 0.1) is 5.82 Å². The zero-order valence-electron chi connectivity index (χ0n) is 12.9. The molecule has 1 N–H and O–H groups in total. The molecule has 4 aromatic rings. The molecule has 0 bridgehead atoms. The molecular weight excluding hydrogens is 325 g/mol. The van der Waals surface area contributed by atoms with Gasteiger partial charge in [-0.05, 0) is 40.3 Å². The zero-order valence-corrected chi connectivity index (χ0v) is 12.9. The smallest absolute Gasteiger partial charge is 0.221 e. The number of rotatable bonds is 5. The van der Waals surface area contributed by atoms with Gasteiger partial charge in [0, 0.05) is 18.9 Å². The standard InChI is InChI=1S/C16H12FN7O/c17-13-8-11(3-4-14(13)25-12-2-1-5-18-10-12)9-20-15-16-21-22-23-24(16)7-6-19-15/h1-8,10H,9H2,(H,19,20). The van der Waals surface area contributed by atoms with E-state index < -0.39 is 5.82 Å². The summed E-state index contributed by atoms with van der Waals surface area (Å²) in [4.78, 5) is 8.12. The van der Waals surface area contributed by atoms with E-state index in [0.29, 0.717) is 23.8 Å². The van der Waals surface area contributed by atoms with Crippen LogP contribution in [0.4, 0.5) is 10.2 Å². The number of hydrogen-bond donors (Lipinski definition) is 1. The van der Waals surface area contributed by atoms with Crippen LogP contribution in [-0.2, 0) is 6.54 Å². The summed E-state index contributed by atoms with van der Waals surface area (Å²) in [7, 11) is 0. The molecule has 0 aliphatic rings. The fourth-order valence-electron chi connectivity index (χ4n) is 2.26. The number of aromatic nitrogens is 6. The highest BCUT2D eigenvalue weighted by Gasteiger charge is 2.08. The Morgan fingerprint density at radius 2 is 2.16 bits per heavy atom. The summed E-state index contributed by atoms with van der Waals surface area (Å²) < 4.78 is 21.2. The third-order valence-corrected chi connectivity index (χ3v) is 3.43. The summed E-state index contributed by atoms with van der Waals surface area (Å²) in [5.41, 5.74) is 1.23. The van der Waals surface area contributed by atoms with Gasteiger partial charge in [0.2, 0.25) is 5.65 Å². The Labute approximate surface area is 141 Å². The van der Waals surface area contributed by atoms with Crippen LogP contribution in [0.15, 0.2) is 55.1 Å². The SMILES string of the molecule is Fc1cc(CNc2nccn3nnnc23)ccc1Oc1cccnc1. The minimum atomic E-state index is -0.460. The Morgan fingerprint density at radius 3 is 3.00 bits per heavy atom. The molecule has 0 atom stereocenters. The maximum atomic E-state index is 14.2. The topological polar surface area (TPSA) is 90.1 Å². The summed E-state index contributed by atoms with van der Waals surface area (Å²) in [6.45, 7) is 0.365. The Hall–Kier alpha value is -3.62. The Balaban J connectivity index is 1.48. The monoisotopic (exact) mass is 337 g/mol. The van der Waals surface area contributed by atoms with Gasteiger partial charge in [-0.25, -0.2) is 9.37 Å². The van der Waals surface area contributed by atoms with Gasteiger partial charge in [0.05, 0.1) is 12.4 Å². The molecule has 3 heterocycles. The van der Waals surface area contributed by atoms with Crippen LogP contribution in [-0.4, -0.2) is 30.0 Å². The van der Waals surface area contributed by atoms with Gasteiger partial charge in [0.15, 0.2) is 17.4 Å². The molecule has 0 fully saturated rings. The lowest BCUT2D eigenvalue weighted by Gasteiger charge is -2.09. The molecular formula is C16H12FN7O. The number of hydrogen-bond acceptors (Lipinski definition) is 7. The van der Waals surface area contributed by atoms with Crippen LogP contribution in [0.1, 0.15) is 5.56 Å². The van der Waals surface area contributed by atoms with Crippen molar-refractivity contribution in [3.8, 4) is 11.5 Å². The predicted octanol–water partition coefficient (Wildman–Crippen LogP) is 2.46. The molecule has 0 spiro atoms. The lowest BCUT2D eigenvalue weighted by atomic mass is 10.2. The van der Waals surface area contributed by atoms with Crippen molar-refractivity contribution in [3.05, 3.63) is 66.5 Å². The highest BCUT2D eigenvalue weighted by Crippen LogP contribution is 2.24. The van der Waals surface area contributed by atoms with Crippen molar-refractivity contribution in [2.45, 2.75) is 6.54 Å². The quantitative estimate of drug-likeness (QED) is 0.598. The summed E-state index contributed by atoms with van der Waals surface area (Å²) >= 11 is 0. The maximum Gasteiger partial charge on any atom is 0.221 e. The van der Waals surface area contributed by atoms with Gasteiger partial charge in [-0.3, -0.25) is 4.98 Å². The predicted molar refractivity (Wildman–Crippen MR) is 86.6 cm³/mol. The Morgan fingerprint density at radius 1 is 1.20 bits per heavy atom. The lowest BCUT2D eigenvalue weighted by Crippen LogP contribution is -2.04. The fourth-order valence-corrected chi connectivity index (χ4v) is 2.26. The third-order valence-electron chi connectivity index (χ3n) is 3.43. The minimum absolute atomic E-state index is 0.138. The van der Waals surface area contributed by atoms with Crippen LogP contribution in [0.5, 0.6) is 11.5 Å². The largest absolute Gasteiger partial charge is 0.453 e. The van der Waals surface area contributed by atoms with Crippen molar-refractivity contribution in [1.82, 2.24) is 30.0 Å². The summed E-state index contributed by atoms with van der Waals surface area (Å²) in [6, 6.07) is 8.18. The number of tetrazole rings is 1. The average molecular weight is 337 g/mol. The summed E-state index contributed by atoms with van der Waals surface area (Å²) in [5, 5.41) is 14.4. The van der Waals surface area contributed by atoms with E-state index in [0.717, 1.165) is 5.56 Å². The summed E-state index contributed by atoms with van der Waals surface area (Å²) in [6.07, 6.45) is 6.37. The molecule has 0 aliphatic heterocycles. The highest BCUT2D eigenvalue weighted by molar-refractivity contribution is 5.60. The van der Waals surface area contributed by atoms with Crippen molar-refractivity contribution in [2.24, 2.45) is 0 Å². The van der Waals surface area contributed by atoms with Gasteiger partial charge in [-0.2, -0.15) is 4.52 Å². The van der Waals surface area contributed by atoms with Gasteiger partial charge in [0.1, 0.15) is 5.75 Å². The Bertz CT molecular complexity index is 1010. The second-order valence-electron chi connectivity index (χ2n) is 5.13. The van der Waals surface area contributed by atoms with Crippen molar-refractivity contribution >= 4 is 11.5 Å². The number of anilines is 1. The van der Waals surface area contributed by atoms with Gasteiger partial charge in [-0.1, -0.05) is 6.07 Å². The molecule has 1 aromatic carbocycles. The van der Waals surface area contributed by atoms with Crippen LogP contribution in [0.25, 0.3) is 5.65 Å². The van der Waals surface area contributed by atoms with E-state index in [1.165, 1.54) is 16.8 Å². The van der Waals surface area contributed by atoms with Gasteiger partial charge in [0.25, 0.3) is 0 Å². The van der Waals surface area contributed by atoms with Crippen molar-refractivity contribution in [3.63, 3.8) is 0 Å². The first kappa shape index (κ1) is 14.9. The van der Waals surface area contributed by atoms with E-state index >= 15 is 0 Å². The average Bonchev–Trinajstić information content (AvgIpc) is 3.12. The lowest BCUT2D eigenvalue weighted by molar-refractivity contribution is 0.440. The van der Waals surface area contributed by atoms with Crippen molar-refractivity contribution in [1.29, 1.82) is 0 Å². The first-order valence-electron chi connectivity index (χ1n) is 7.42. The molecule has 0 amide bonds. The molecule has 0 aliphatic carbocycles. The van der Waals surface area contributed by atoms with Crippen LogP contribution >= 0.6 is 0 Å². The molecule has 0 saturated heterocycles. The van der Waals surface area contributed by atoms with Gasteiger partial charge < -0.3 is 10.1 Å². The number of pyridine rings is 1. The van der Waals surface area contributed by atoms with E-state index in [2.05, 4.69) is 30.8 Å². The number of fused-ring (bicyclic) bond motifs is 1. The molecule has 0 saturated carbocycles. The molecule has 8 nitrogen and oxygen atoms in total. The second-order valence-corrected chi connectivity index (χ2v) is 5.13. The molecule has 9 heteroatoms. The minimum Gasteiger partial charge on any atom is -0.453 e. The maximum absolute atomic E-state index is 14.2. The van der Waals surface area contributed by atoms with Crippen LogP contribution in [0.3, 0.4) is 0 Å². The van der Waals surface area contributed by atoms with Crippen LogP contribution in [0.2, 0.25) is 0 Å². The molecule has 0 unspecified atom stereocenters. The van der Waals surface area contributed by atoms with E-state index in [-0.39, 0.29) is 5.75 Å². The molecule has 3 aromatic heterocycles. The van der Waals surface area contributed by atoms with E-state index in [9.17, 15) is 4.39 Å². The summed E-state index contributed by atoms with van der Waals surface area (Å²) in [5.74, 6) is 0.670. The molecule has 124 valence electrons. The van der Waals surface area contributed by atoms with Crippen molar-refractivity contribution < 1.29 is 9.13 Å². The van der Waals surface area contributed by atoms with Crippen molar-refractivity contribution in [2.75, 3.05) is 5.32 Å². The molecule has 25 heavy (non-hydrogen) atoms. The fraction of sp³-hybridized carbons (Fsp3) is 0.0625. The first-order valence-corrected chi connectivity index (χ1v) is 7.42. The highest BCUT2D eigenvalue weighted by atomic mass is 19.1. The number of halogens is 1. The van der Waals surface area contributed by atoms with E-state index in [4.69, 9.17) is 4.74 Å². The van der Waals surface area contributed by atoms with Gasteiger partial charge >= 0.3 is 0 Å². The third kappa shape index (κ3) is 3.20. The van der Waals surface area contributed by atoms with Gasteiger partial charge in [-0.15, -0.1) is 5.10 Å². The number of nitrogens with zero attached hydrogens (tertiary/aromatic N) is 6. The number of benzene rings is 1. The first-order chi connectivity index (χ1) is 12.3. The Kier molecular flexibility index (Phi) is 3.87. The zero-order chi connectivity index (χ0) is 17.1. The molecule has 0 radical (unpaired) electrons. The number of ether oxygens (including phenoxy) is 1. The number of nitrogens with one attached hydrogen (secondary N) is 1.